The molecule has 0 unspecified atom stereocenters. The monoisotopic (exact) mass is 675 g/mol. The first-order chi connectivity index (χ1) is 26.2. The number of furan rings is 1. The van der Waals surface area contributed by atoms with Gasteiger partial charge < -0.3 is 4.42 Å². The smallest absolute Gasteiger partial charge is 0.164 e. The van der Waals surface area contributed by atoms with Crippen molar-refractivity contribution in [1.29, 1.82) is 0 Å². The average Bonchev–Trinajstić information content (AvgIpc) is 3.61. The minimum Gasteiger partial charge on any atom is -0.456 e. The highest BCUT2D eigenvalue weighted by atomic mass is 16.3. The van der Waals surface area contributed by atoms with E-state index in [0.717, 1.165) is 65.9 Å². The van der Waals surface area contributed by atoms with Crippen LogP contribution in [-0.2, 0) is 0 Å². The summed E-state index contributed by atoms with van der Waals surface area (Å²) in [7, 11) is 0. The summed E-state index contributed by atoms with van der Waals surface area (Å²) >= 11 is 0. The fourth-order valence-corrected chi connectivity index (χ4v) is 7.94. The van der Waals surface area contributed by atoms with Crippen LogP contribution in [0.3, 0.4) is 0 Å². The lowest BCUT2D eigenvalue weighted by molar-refractivity contribution is 0.669. The number of nitrogens with zero attached hydrogens (tertiary/aromatic N) is 3. The Balaban J connectivity index is 1.12. The quantitative estimate of drug-likeness (QED) is 0.174. The molecular weight excluding hydrogens is 647 g/mol. The third kappa shape index (κ3) is 4.80. The van der Waals surface area contributed by atoms with E-state index in [2.05, 4.69) is 140 Å². The standard InChI is InChI=1S/C49H29N3O/c1-3-11-30(12-4-1)33-20-26-42-44(28-33)53-45-29-43(38-17-9-10-18-41(38)46(42)45)49-51-47(32-14-5-2-6-15-32)50-48(52-49)35-22-23-37-34(27-35)21-25-39-36-16-8-7-13-31(36)19-24-40(37)39/h1-29H. The molecule has 4 nitrogen and oxygen atoms in total. The summed E-state index contributed by atoms with van der Waals surface area (Å²) in [6.45, 7) is 0. The van der Waals surface area contributed by atoms with Gasteiger partial charge in [0.2, 0.25) is 0 Å². The van der Waals surface area contributed by atoms with Gasteiger partial charge in [0.05, 0.1) is 0 Å². The minimum atomic E-state index is 0.600. The molecule has 53 heavy (non-hydrogen) atoms. The van der Waals surface area contributed by atoms with E-state index in [1.807, 2.05) is 36.4 Å². The summed E-state index contributed by atoms with van der Waals surface area (Å²) in [6.07, 6.45) is 0. The molecule has 0 aliphatic rings. The van der Waals surface area contributed by atoms with Gasteiger partial charge in [0.1, 0.15) is 11.2 Å². The van der Waals surface area contributed by atoms with Crippen LogP contribution in [0.15, 0.2) is 180 Å². The Bertz CT molecular complexity index is 3220. The van der Waals surface area contributed by atoms with Gasteiger partial charge in [0, 0.05) is 27.5 Å². The van der Waals surface area contributed by atoms with Gasteiger partial charge in [-0.25, -0.2) is 15.0 Å². The van der Waals surface area contributed by atoms with Crippen molar-refractivity contribution < 1.29 is 4.42 Å². The van der Waals surface area contributed by atoms with Crippen molar-refractivity contribution in [1.82, 2.24) is 15.0 Å². The number of fused-ring (bicyclic) bond motifs is 10. The van der Waals surface area contributed by atoms with Gasteiger partial charge in [-0.15, -0.1) is 0 Å². The van der Waals surface area contributed by atoms with Gasteiger partial charge in [-0.3, -0.25) is 0 Å². The Morgan fingerprint density at radius 2 is 0.868 bits per heavy atom. The summed E-state index contributed by atoms with van der Waals surface area (Å²) in [5, 5.41) is 11.7. The van der Waals surface area contributed by atoms with Crippen molar-refractivity contribution in [2.75, 3.05) is 0 Å². The summed E-state index contributed by atoms with van der Waals surface area (Å²) in [5.41, 5.74) is 6.68. The minimum absolute atomic E-state index is 0.600. The molecule has 0 N–H and O–H groups in total. The van der Waals surface area contributed by atoms with Gasteiger partial charge in [0.25, 0.3) is 0 Å². The topological polar surface area (TPSA) is 51.8 Å². The van der Waals surface area contributed by atoms with Crippen LogP contribution in [0.5, 0.6) is 0 Å². The van der Waals surface area contributed by atoms with E-state index in [0.29, 0.717) is 17.5 Å². The van der Waals surface area contributed by atoms with Crippen LogP contribution in [0.1, 0.15) is 0 Å². The molecule has 11 rings (SSSR count). The third-order valence-electron chi connectivity index (χ3n) is 10.5. The van der Waals surface area contributed by atoms with Crippen LogP contribution in [-0.4, -0.2) is 15.0 Å². The van der Waals surface area contributed by atoms with E-state index in [4.69, 9.17) is 19.4 Å². The van der Waals surface area contributed by atoms with Crippen molar-refractivity contribution >= 4 is 65.0 Å². The highest BCUT2D eigenvalue weighted by molar-refractivity contribution is 6.22. The molecule has 0 saturated heterocycles. The molecule has 2 heterocycles. The zero-order chi connectivity index (χ0) is 34.9. The molecule has 0 amide bonds. The number of hydrogen-bond donors (Lipinski definition) is 0. The predicted molar refractivity (Wildman–Crippen MR) is 219 cm³/mol. The van der Waals surface area contributed by atoms with E-state index in [1.54, 1.807) is 0 Å². The summed E-state index contributed by atoms with van der Waals surface area (Å²) in [6, 6.07) is 61.6. The molecule has 0 radical (unpaired) electrons. The summed E-state index contributed by atoms with van der Waals surface area (Å²) < 4.78 is 6.65. The van der Waals surface area contributed by atoms with E-state index in [9.17, 15) is 0 Å². The second-order valence-electron chi connectivity index (χ2n) is 13.6. The van der Waals surface area contributed by atoms with Crippen LogP contribution in [0.2, 0.25) is 0 Å². The Hall–Kier alpha value is -7.17. The molecule has 0 aliphatic heterocycles. The highest BCUT2D eigenvalue weighted by Gasteiger charge is 2.19. The molecule has 0 bridgehead atoms. The van der Waals surface area contributed by atoms with E-state index >= 15 is 0 Å². The maximum atomic E-state index is 6.65. The SMILES string of the molecule is c1ccc(-c2ccc3c(c2)oc2cc(-c4nc(-c5ccccc5)nc(-c5ccc6c(ccc7c8ccccc8ccc67)c5)n4)c4ccccc4c23)cc1. The van der Waals surface area contributed by atoms with Crippen LogP contribution in [0, 0.1) is 0 Å². The lowest BCUT2D eigenvalue weighted by Gasteiger charge is -2.12. The first-order valence-corrected chi connectivity index (χ1v) is 17.9. The lowest BCUT2D eigenvalue weighted by atomic mass is 9.96. The number of benzene rings is 9. The van der Waals surface area contributed by atoms with Gasteiger partial charge in [-0.05, 0) is 78.5 Å². The van der Waals surface area contributed by atoms with E-state index in [-0.39, 0.29) is 0 Å². The summed E-state index contributed by atoms with van der Waals surface area (Å²) in [5.74, 6) is 1.84. The van der Waals surface area contributed by atoms with Crippen molar-refractivity contribution in [2.24, 2.45) is 0 Å². The normalized spacial score (nSPS) is 11.8. The predicted octanol–water partition coefficient (Wildman–Crippen LogP) is 13.1. The van der Waals surface area contributed by atoms with Crippen LogP contribution in [0.4, 0.5) is 0 Å². The molecule has 9 aromatic carbocycles. The van der Waals surface area contributed by atoms with E-state index in [1.165, 1.54) is 26.9 Å². The Morgan fingerprint density at radius 1 is 0.302 bits per heavy atom. The first kappa shape index (κ1) is 29.5. The maximum absolute atomic E-state index is 6.65. The van der Waals surface area contributed by atoms with Crippen molar-refractivity contribution in [2.45, 2.75) is 0 Å². The number of hydrogen-bond acceptors (Lipinski definition) is 4. The first-order valence-electron chi connectivity index (χ1n) is 17.9. The molecular formula is C49H29N3O. The largest absolute Gasteiger partial charge is 0.456 e. The molecule has 11 aromatic rings. The van der Waals surface area contributed by atoms with Crippen molar-refractivity contribution in [3.05, 3.63) is 176 Å². The fraction of sp³-hybridized carbons (Fsp3) is 0. The van der Waals surface area contributed by atoms with Crippen molar-refractivity contribution in [3.8, 4) is 45.3 Å². The zero-order valence-electron chi connectivity index (χ0n) is 28.5. The molecule has 4 heteroatoms. The summed E-state index contributed by atoms with van der Waals surface area (Å²) in [4.78, 5) is 15.4. The molecule has 246 valence electrons. The van der Waals surface area contributed by atoms with Gasteiger partial charge >= 0.3 is 0 Å². The van der Waals surface area contributed by atoms with Crippen molar-refractivity contribution in [3.63, 3.8) is 0 Å². The second-order valence-corrected chi connectivity index (χ2v) is 13.6. The highest BCUT2D eigenvalue weighted by Crippen LogP contribution is 2.41. The Kier molecular flexibility index (Phi) is 6.52. The molecule has 0 saturated carbocycles. The van der Waals surface area contributed by atoms with Crippen LogP contribution >= 0.6 is 0 Å². The molecule has 0 fully saturated rings. The van der Waals surface area contributed by atoms with E-state index < -0.39 is 0 Å². The van der Waals surface area contributed by atoms with Gasteiger partial charge in [-0.1, -0.05) is 152 Å². The maximum Gasteiger partial charge on any atom is 0.164 e. The van der Waals surface area contributed by atoms with Gasteiger partial charge in [-0.2, -0.15) is 0 Å². The van der Waals surface area contributed by atoms with Crippen LogP contribution < -0.4 is 0 Å². The number of rotatable bonds is 4. The molecule has 0 spiro atoms. The fourth-order valence-electron chi connectivity index (χ4n) is 7.94. The number of aromatic nitrogens is 3. The molecule has 2 aromatic heterocycles. The Morgan fingerprint density at radius 3 is 1.66 bits per heavy atom. The lowest BCUT2D eigenvalue weighted by Crippen LogP contribution is -2.00. The molecule has 0 atom stereocenters. The Labute approximate surface area is 304 Å². The zero-order valence-corrected chi connectivity index (χ0v) is 28.5. The third-order valence-corrected chi connectivity index (χ3v) is 10.5. The van der Waals surface area contributed by atoms with Gasteiger partial charge in [0.15, 0.2) is 17.5 Å². The average molecular weight is 676 g/mol. The second kappa shape index (κ2) is 11.7. The molecule has 0 aliphatic carbocycles. The van der Waals surface area contributed by atoms with Crippen LogP contribution in [0.25, 0.3) is 110 Å².